The van der Waals surface area contributed by atoms with Crippen LogP contribution in [0.3, 0.4) is 0 Å². The molecule has 0 rings (SSSR count). The van der Waals surface area contributed by atoms with Crippen LogP contribution in [0.25, 0.3) is 0 Å². The number of rotatable bonds is 16. The molecule has 4 nitrogen and oxygen atoms in total. The summed E-state index contributed by atoms with van der Waals surface area (Å²) >= 11 is 7.68. The molecule has 0 radical (unpaired) electrons. The summed E-state index contributed by atoms with van der Waals surface area (Å²) in [6.45, 7) is 3.72. The van der Waals surface area contributed by atoms with Crippen LogP contribution in [-0.4, -0.2) is 74.1 Å². The average molecular weight is 411 g/mol. The second-order valence-corrected chi connectivity index (χ2v) is 14.6. The van der Waals surface area contributed by atoms with E-state index in [1.54, 1.807) is 0 Å². The van der Waals surface area contributed by atoms with Gasteiger partial charge in [0, 0.05) is 0 Å². The molecule has 0 saturated heterocycles. The van der Waals surface area contributed by atoms with Crippen molar-refractivity contribution in [1.29, 1.82) is 0 Å². The van der Waals surface area contributed by atoms with Gasteiger partial charge in [0.15, 0.2) is 0 Å². The summed E-state index contributed by atoms with van der Waals surface area (Å²) in [6, 6.07) is 0. The van der Waals surface area contributed by atoms with Crippen LogP contribution in [-0.2, 0) is 0 Å². The van der Waals surface area contributed by atoms with Gasteiger partial charge < -0.3 is 0 Å². The van der Waals surface area contributed by atoms with Crippen LogP contribution in [0.1, 0.15) is 78.1 Å². The van der Waals surface area contributed by atoms with Gasteiger partial charge in [0.05, 0.1) is 0 Å². The minimum absolute atomic E-state index is 1.08. The van der Waals surface area contributed by atoms with E-state index in [0.29, 0.717) is 0 Å². The van der Waals surface area contributed by atoms with Gasteiger partial charge >= 0.3 is 170 Å². The van der Waals surface area contributed by atoms with Crippen molar-refractivity contribution < 1.29 is 0 Å². The van der Waals surface area contributed by atoms with Crippen LogP contribution in [0, 0.1) is 0 Å². The number of halogens is 1. The Balaban J connectivity index is 5.32. The first-order chi connectivity index (χ1) is 12.2. The summed E-state index contributed by atoms with van der Waals surface area (Å²) in [6.07, 6.45) is 13.0. The van der Waals surface area contributed by atoms with Gasteiger partial charge in [-0.15, -0.1) is 0 Å². The molecule has 0 aliphatic carbocycles. The molecular weight excluding hydrogens is 363 g/mol. The molecule has 0 bridgehead atoms. The van der Waals surface area contributed by atoms with E-state index in [-0.39, 0.29) is 0 Å². The molecule has 6 heteroatoms. The normalized spacial score (nSPS) is 14.6. The van der Waals surface area contributed by atoms with E-state index in [0.717, 1.165) is 13.1 Å². The summed E-state index contributed by atoms with van der Waals surface area (Å²) in [5, 5.41) is 0. The fourth-order valence-corrected chi connectivity index (χ4v) is 9.17. The van der Waals surface area contributed by atoms with Crippen molar-refractivity contribution in [2.24, 2.45) is 0 Å². The molecule has 26 heavy (non-hydrogen) atoms. The van der Waals surface area contributed by atoms with Crippen LogP contribution < -0.4 is 0 Å². The Bertz CT molecular complexity index is 325. The van der Waals surface area contributed by atoms with Gasteiger partial charge in [-0.1, -0.05) is 0 Å². The standard InChI is InChI=1S/C20H48ClN4P/c1-9-11-13-15-17-19-25(20-18-16-14-12-10-2)26(21,22(3)4,23(5)6)24(7)8/h9-20H2,1-8H3. The fraction of sp³-hybridized carbons (Fsp3) is 1.00. The Labute approximate surface area is 170 Å². The van der Waals surface area contributed by atoms with E-state index in [2.05, 4.69) is 74.8 Å². The molecule has 0 heterocycles. The molecule has 0 aromatic heterocycles. The monoisotopic (exact) mass is 410 g/mol. The molecule has 0 N–H and O–H groups in total. The van der Waals surface area contributed by atoms with Crippen LogP contribution in [0.2, 0.25) is 0 Å². The van der Waals surface area contributed by atoms with Crippen LogP contribution in [0.15, 0.2) is 0 Å². The Morgan fingerprint density at radius 2 is 0.846 bits per heavy atom. The Morgan fingerprint density at radius 3 is 1.12 bits per heavy atom. The van der Waals surface area contributed by atoms with E-state index in [9.17, 15) is 0 Å². The molecule has 0 amide bonds. The van der Waals surface area contributed by atoms with Gasteiger partial charge in [-0.2, -0.15) is 0 Å². The molecule has 0 aliphatic rings. The summed E-state index contributed by atoms with van der Waals surface area (Å²) in [4.78, 5) is 0. The van der Waals surface area contributed by atoms with E-state index in [1.165, 1.54) is 64.2 Å². The van der Waals surface area contributed by atoms with Gasteiger partial charge in [0.25, 0.3) is 0 Å². The predicted molar refractivity (Wildman–Crippen MR) is 123 cm³/mol. The molecule has 0 aromatic rings. The van der Waals surface area contributed by atoms with E-state index in [4.69, 9.17) is 11.2 Å². The Kier molecular flexibility index (Phi) is 13.2. The molecule has 0 fully saturated rings. The molecule has 0 spiro atoms. The van der Waals surface area contributed by atoms with Gasteiger partial charge in [-0.05, 0) is 0 Å². The maximum atomic E-state index is 7.68. The topological polar surface area (TPSA) is 13.0 Å². The Hall–Kier alpha value is 0.560. The molecule has 0 aliphatic heterocycles. The SMILES string of the molecule is CCCCCCCN(CCCCCCC)P(Cl)(N(C)C)(N(C)C)N(C)C. The molecule has 160 valence electrons. The third-order valence-corrected chi connectivity index (χ3v) is 14.5. The van der Waals surface area contributed by atoms with Crippen LogP contribution >= 0.6 is 17.8 Å². The zero-order valence-electron chi connectivity index (χ0n) is 19.1. The second kappa shape index (κ2) is 12.9. The molecular formula is C20H48ClN4P. The van der Waals surface area contributed by atoms with Gasteiger partial charge in [-0.3, -0.25) is 0 Å². The average Bonchev–Trinajstić information content (AvgIpc) is 2.58. The number of unbranched alkanes of at least 4 members (excludes halogenated alkanes) is 8. The third-order valence-electron chi connectivity index (χ3n) is 5.59. The van der Waals surface area contributed by atoms with Gasteiger partial charge in [0.1, 0.15) is 0 Å². The quantitative estimate of drug-likeness (QED) is 0.219. The maximum absolute atomic E-state index is 7.68. The van der Waals surface area contributed by atoms with Crippen LogP contribution in [0.4, 0.5) is 0 Å². The Morgan fingerprint density at radius 1 is 0.538 bits per heavy atom. The van der Waals surface area contributed by atoms with Crippen molar-refractivity contribution in [3.8, 4) is 0 Å². The minimum atomic E-state index is -2.99. The zero-order chi connectivity index (χ0) is 20.2. The molecule has 0 unspecified atom stereocenters. The summed E-state index contributed by atoms with van der Waals surface area (Å²) in [5.74, 6) is 0. The van der Waals surface area contributed by atoms with Crippen molar-refractivity contribution in [3.63, 3.8) is 0 Å². The third kappa shape index (κ3) is 6.29. The summed E-state index contributed by atoms with van der Waals surface area (Å²) in [5.41, 5.74) is 0. The number of nitrogens with zero attached hydrogens (tertiary/aromatic N) is 4. The molecule has 0 saturated carbocycles. The summed E-state index contributed by atoms with van der Waals surface area (Å²) < 4.78 is 9.47. The predicted octanol–water partition coefficient (Wildman–Crippen LogP) is 6.28. The fourth-order valence-electron chi connectivity index (χ4n) is 4.08. The zero-order valence-corrected chi connectivity index (χ0v) is 20.7. The summed E-state index contributed by atoms with van der Waals surface area (Å²) in [7, 11) is 12.9. The second-order valence-electron chi connectivity index (χ2n) is 8.16. The van der Waals surface area contributed by atoms with Crippen molar-refractivity contribution in [2.75, 3.05) is 55.4 Å². The molecule has 0 atom stereocenters. The van der Waals surface area contributed by atoms with Gasteiger partial charge in [0.2, 0.25) is 0 Å². The van der Waals surface area contributed by atoms with Crippen molar-refractivity contribution in [3.05, 3.63) is 0 Å². The number of hydrogen-bond donors (Lipinski definition) is 0. The first-order valence-corrected chi connectivity index (χ1v) is 13.7. The van der Waals surface area contributed by atoms with Crippen molar-refractivity contribution in [1.82, 2.24) is 18.7 Å². The van der Waals surface area contributed by atoms with Crippen LogP contribution in [0.5, 0.6) is 0 Å². The molecule has 0 aromatic carbocycles. The number of hydrogen-bond acceptors (Lipinski definition) is 4. The van der Waals surface area contributed by atoms with E-state index >= 15 is 0 Å². The van der Waals surface area contributed by atoms with E-state index in [1.807, 2.05) is 0 Å². The van der Waals surface area contributed by atoms with Crippen molar-refractivity contribution >= 4 is 17.8 Å². The first kappa shape index (κ1) is 26.6. The van der Waals surface area contributed by atoms with Gasteiger partial charge in [-0.25, -0.2) is 0 Å². The first-order valence-electron chi connectivity index (χ1n) is 10.7. The van der Waals surface area contributed by atoms with E-state index < -0.39 is 6.56 Å². The van der Waals surface area contributed by atoms with Crippen molar-refractivity contribution in [2.45, 2.75) is 78.1 Å².